The van der Waals surface area contributed by atoms with Crippen LogP contribution in [0.4, 0.5) is 0 Å². The zero-order valence-electron chi connectivity index (χ0n) is 7.72. The highest BCUT2D eigenvalue weighted by Gasteiger charge is 2.26. The summed E-state index contributed by atoms with van der Waals surface area (Å²) in [4.78, 5) is 13.4. The van der Waals surface area contributed by atoms with Gasteiger partial charge >= 0.3 is 0 Å². The van der Waals surface area contributed by atoms with Gasteiger partial charge in [-0.2, -0.15) is 0 Å². The number of halogens is 1. The predicted octanol–water partition coefficient (Wildman–Crippen LogP) is 2.03. The average Bonchev–Trinajstić information content (AvgIpc) is 2.50. The molecule has 1 rings (SSSR count). The minimum Gasteiger partial charge on any atom is -0.341 e. The van der Waals surface area contributed by atoms with E-state index in [2.05, 4.69) is 22.9 Å². The van der Waals surface area contributed by atoms with Gasteiger partial charge in [0.25, 0.3) is 0 Å². The topological polar surface area (TPSA) is 20.3 Å². The van der Waals surface area contributed by atoms with Crippen molar-refractivity contribution in [3.63, 3.8) is 0 Å². The van der Waals surface area contributed by atoms with Gasteiger partial charge in [-0.05, 0) is 19.3 Å². The molecule has 70 valence electrons. The lowest BCUT2D eigenvalue weighted by Gasteiger charge is -2.17. The van der Waals surface area contributed by atoms with E-state index in [-0.39, 0.29) is 10.7 Å². The van der Waals surface area contributed by atoms with E-state index in [9.17, 15) is 4.79 Å². The number of amides is 1. The highest BCUT2D eigenvalue weighted by Crippen LogP contribution is 2.20. The quantitative estimate of drug-likeness (QED) is 0.669. The largest absolute Gasteiger partial charge is 0.341 e. The lowest BCUT2D eigenvalue weighted by molar-refractivity contribution is -0.129. The van der Waals surface area contributed by atoms with Crippen molar-refractivity contribution in [2.75, 3.05) is 13.1 Å². The van der Waals surface area contributed by atoms with E-state index in [0.717, 1.165) is 19.0 Å². The van der Waals surface area contributed by atoms with E-state index in [1.165, 1.54) is 12.8 Å². The van der Waals surface area contributed by atoms with Gasteiger partial charge in [0, 0.05) is 13.1 Å². The van der Waals surface area contributed by atoms with Crippen LogP contribution in [0.5, 0.6) is 0 Å². The van der Waals surface area contributed by atoms with Crippen molar-refractivity contribution in [1.29, 1.82) is 0 Å². The average molecular weight is 234 g/mol. The maximum absolute atomic E-state index is 11.5. The van der Waals surface area contributed by atoms with Crippen molar-refractivity contribution < 1.29 is 4.79 Å². The number of rotatable bonds is 2. The van der Waals surface area contributed by atoms with Crippen molar-refractivity contribution in [3.8, 4) is 0 Å². The van der Waals surface area contributed by atoms with E-state index in [4.69, 9.17) is 0 Å². The molecular weight excluding hydrogens is 218 g/mol. The molecule has 1 amide bonds. The third kappa shape index (κ3) is 2.22. The van der Waals surface area contributed by atoms with Gasteiger partial charge in [-0.25, -0.2) is 0 Å². The summed E-state index contributed by atoms with van der Waals surface area (Å²) in [6.45, 7) is 6.00. The van der Waals surface area contributed by atoms with Crippen molar-refractivity contribution >= 4 is 21.8 Å². The fourth-order valence-electron chi connectivity index (χ4n) is 1.62. The van der Waals surface area contributed by atoms with Crippen LogP contribution in [-0.4, -0.2) is 28.7 Å². The van der Waals surface area contributed by atoms with E-state index in [1.54, 1.807) is 0 Å². The Hall–Kier alpha value is -0.0500. The van der Waals surface area contributed by atoms with Gasteiger partial charge in [0.05, 0.1) is 4.83 Å². The Morgan fingerprint density at radius 3 is 2.83 bits per heavy atom. The van der Waals surface area contributed by atoms with Crippen LogP contribution in [0, 0.1) is 5.92 Å². The molecule has 1 heterocycles. The Bertz CT molecular complexity index is 170. The summed E-state index contributed by atoms with van der Waals surface area (Å²) >= 11 is 3.30. The smallest absolute Gasteiger partial charge is 0.236 e. The molecule has 0 aromatic rings. The zero-order chi connectivity index (χ0) is 9.14. The normalized spacial score (nSPS) is 25.9. The first-order valence-electron chi connectivity index (χ1n) is 4.58. The summed E-state index contributed by atoms with van der Waals surface area (Å²) < 4.78 is 0. The highest BCUT2D eigenvalue weighted by molar-refractivity contribution is 9.10. The molecule has 0 spiro atoms. The summed E-state index contributed by atoms with van der Waals surface area (Å²) in [7, 11) is 0. The van der Waals surface area contributed by atoms with Crippen LogP contribution in [0.2, 0.25) is 0 Å². The molecule has 2 nitrogen and oxygen atoms in total. The third-order valence-corrected chi connectivity index (χ3v) is 2.91. The molecule has 0 N–H and O–H groups in total. The fraction of sp³-hybridized carbons (Fsp3) is 0.889. The second-order valence-electron chi connectivity index (χ2n) is 3.46. The summed E-state index contributed by atoms with van der Waals surface area (Å²) in [6, 6.07) is 0. The van der Waals surface area contributed by atoms with Crippen LogP contribution in [0.3, 0.4) is 0 Å². The number of likely N-dealkylation sites (tertiary alicyclic amines) is 1. The van der Waals surface area contributed by atoms with E-state index in [0.29, 0.717) is 0 Å². The van der Waals surface area contributed by atoms with Crippen LogP contribution in [0.25, 0.3) is 0 Å². The van der Waals surface area contributed by atoms with Gasteiger partial charge in [-0.15, -0.1) is 0 Å². The van der Waals surface area contributed by atoms with Gasteiger partial charge in [0.2, 0.25) is 5.91 Å². The van der Waals surface area contributed by atoms with Crippen LogP contribution < -0.4 is 0 Å². The molecule has 0 radical (unpaired) electrons. The first kappa shape index (κ1) is 10.0. The van der Waals surface area contributed by atoms with Crippen LogP contribution in [-0.2, 0) is 4.79 Å². The minimum atomic E-state index is -0.0203. The first-order valence-corrected chi connectivity index (χ1v) is 5.49. The van der Waals surface area contributed by atoms with E-state index < -0.39 is 0 Å². The number of carbonyl (C=O) groups excluding carboxylic acids is 1. The summed E-state index contributed by atoms with van der Waals surface area (Å²) in [5.74, 6) is 0.978. The first-order chi connectivity index (χ1) is 5.65. The number of nitrogens with zero attached hydrogens (tertiary/aromatic N) is 1. The number of carbonyl (C=O) groups is 1. The molecule has 0 aromatic heterocycles. The van der Waals surface area contributed by atoms with Crippen molar-refractivity contribution in [3.05, 3.63) is 0 Å². The second-order valence-corrected chi connectivity index (χ2v) is 4.84. The monoisotopic (exact) mass is 233 g/mol. The molecule has 2 atom stereocenters. The van der Waals surface area contributed by atoms with Crippen LogP contribution in [0.1, 0.15) is 26.7 Å². The number of alkyl halides is 1. The maximum atomic E-state index is 11.5. The maximum Gasteiger partial charge on any atom is 0.236 e. The molecule has 0 bridgehead atoms. The molecule has 3 heteroatoms. The summed E-state index contributed by atoms with van der Waals surface area (Å²) in [6.07, 6.45) is 2.38. The predicted molar refractivity (Wildman–Crippen MR) is 53.4 cm³/mol. The zero-order valence-corrected chi connectivity index (χ0v) is 9.30. The van der Waals surface area contributed by atoms with Gasteiger partial charge in [0.1, 0.15) is 0 Å². The fourth-order valence-corrected chi connectivity index (χ4v) is 1.91. The number of hydrogen-bond donors (Lipinski definition) is 0. The van der Waals surface area contributed by atoms with Crippen LogP contribution in [0.15, 0.2) is 0 Å². The van der Waals surface area contributed by atoms with E-state index >= 15 is 0 Å². The Kier molecular flexibility index (Phi) is 3.56. The Labute approximate surface area is 82.4 Å². The number of hydrogen-bond acceptors (Lipinski definition) is 1. The minimum absolute atomic E-state index is 0.0203. The highest BCUT2D eigenvalue weighted by atomic mass is 79.9. The van der Waals surface area contributed by atoms with Gasteiger partial charge in [-0.3, -0.25) is 4.79 Å². The van der Waals surface area contributed by atoms with Crippen LogP contribution >= 0.6 is 15.9 Å². The van der Waals surface area contributed by atoms with Crippen molar-refractivity contribution in [2.24, 2.45) is 5.92 Å². The van der Waals surface area contributed by atoms with Gasteiger partial charge in [-0.1, -0.05) is 29.3 Å². The lowest BCUT2D eigenvalue weighted by Crippen LogP contribution is -2.33. The summed E-state index contributed by atoms with van der Waals surface area (Å²) in [5.41, 5.74) is 0. The molecule has 0 aromatic carbocycles. The van der Waals surface area contributed by atoms with E-state index in [1.807, 2.05) is 11.8 Å². The van der Waals surface area contributed by atoms with Crippen molar-refractivity contribution in [2.45, 2.75) is 31.5 Å². The van der Waals surface area contributed by atoms with Gasteiger partial charge < -0.3 is 4.90 Å². The molecule has 1 saturated heterocycles. The molecule has 0 saturated carbocycles. The van der Waals surface area contributed by atoms with Crippen molar-refractivity contribution in [1.82, 2.24) is 4.90 Å². The standard InChI is InChI=1S/C9H16BrNO/c1-3-8-4-5-11(6-8)9(12)7(2)10/h7-8H,3-6H2,1-2H3. The SMILES string of the molecule is CCC1CCN(C(=O)C(C)Br)C1. The second kappa shape index (κ2) is 4.26. The molecule has 0 aliphatic carbocycles. The Morgan fingerprint density at radius 2 is 2.42 bits per heavy atom. The third-order valence-electron chi connectivity index (χ3n) is 2.52. The summed E-state index contributed by atoms with van der Waals surface area (Å²) in [5, 5.41) is 0. The lowest BCUT2D eigenvalue weighted by atomic mass is 10.1. The molecule has 12 heavy (non-hydrogen) atoms. The molecule has 2 unspecified atom stereocenters. The molecule has 1 fully saturated rings. The molecule has 1 aliphatic rings. The Balaban J connectivity index is 2.41. The molecular formula is C9H16BrNO. The Morgan fingerprint density at radius 1 is 1.75 bits per heavy atom. The molecule has 1 aliphatic heterocycles. The van der Waals surface area contributed by atoms with Gasteiger partial charge in [0.15, 0.2) is 0 Å².